The van der Waals surface area contributed by atoms with E-state index in [-0.39, 0.29) is 29.9 Å². The van der Waals surface area contributed by atoms with Crippen LogP contribution in [0.4, 0.5) is 0 Å². The smallest absolute Gasteiger partial charge is 0.246 e. The molecule has 20 heavy (non-hydrogen) atoms. The van der Waals surface area contributed by atoms with Crippen molar-refractivity contribution in [1.82, 2.24) is 15.1 Å². The summed E-state index contributed by atoms with van der Waals surface area (Å²) in [6, 6.07) is 0.112. The van der Waals surface area contributed by atoms with Crippen molar-refractivity contribution >= 4 is 11.8 Å². The molecule has 0 aromatic heterocycles. The minimum Gasteiger partial charge on any atom is -0.342 e. The van der Waals surface area contributed by atoms with Crippen LogP contribution in [0.25, 0.3) is 0 Å². The van der Waals surface area contributed by atoms with Crippen molar-refractivity contribution in [1.29, 1.82) is 0 Å². The van der Waals surface area contributed by atoms with Crippen LogP contribution in [0.2, 0.25) is 0 Å². The average Bonchev–Trinajstić information content (AvgIpc) is 3.22. The Morgan fingerprint density at radius 3 is 2.45 bits per heavy atom. The van der Waals surface area contributed by atoms with Gasteiger partial charge in [0.15, 0.2) is 0 Å². The predicted octanol–water partition coefficient (Wildman–Crippen LogP) is 0.595. The number of nitrogens with zero attached hydrogens (tertiary/aromatic N) is 2. The van der Waals surface area contributed by atoms with Gasteiger partial charge in [-0.1, -0.05) is 0 Å². The first-order valence-electron chi connectivity index (χ1n) is 7.82. The lowest BCUT2D eigenvalue weighted by molar-refractivity contribution is -0.153. The highest BCUT2D eigenvalue weighted by Crippen LogP contribution is 2.36. The van der Waals surface area contributed by atoms with Gasteiger partial charge in [-0.05, 0) is 52.5 Å². The maximum absolute atomic E-state index is 12.7. The fourth-order valence-electron chi connectivity index (χ4n) is 3.58. The van der Waals surface area contributed by atoms with Crippen molar-refractivity contribution in [2.75, 3.05) is 13.6 Å². The molecule has 4 atom stereocenters. The largest absolute Gasteiger partial charge is 0.342 e. The quantitative estimate of drug-likeness (QED) is 0.805. The Bertz CT molecular complexity index is 421. The van der Waals surface area contributed by atoms with E-state index in [9.17, 15) is 9.59 Å². The number of likely N-dealkylation sites (tertiary alicyclic amines) is 1. The molecule has 0 radical (unpaired) electrons. The van der Waals surface area contributed by atoms with Gasteiger partial charge >= 0.3 is 0 Å². The van der Waals surface area contributed by atoms with Gasteiger partial charge in [-0.15, -0.1) is 0 Å². The van der Waals surface area contributed by atoms with E-state index >= 15 is 0 Å². The SMILES string of the molecule is CC1CC(N2C(=O)C(C3CC3)NC(=O)C2C)CCN1C. The Kier molecular flexibility index (Phi) is 3.48. The molecule has 0 spiro atoms. The zero-order chi connectivity index (χ0) is 14.4. The lowest BCUT2D eigenvalue weighted by atomic mass is 9.93. The second-order valence-corrected chi connectivity index (χ2v) is 6.75. The second kappa shape index (κ2) is 5.02. The molecular weight excluding hydrogens is 254 g/mol. The molecule has 5 nitrogen and oxygen atoms in total. The van der Waals surface area contributed by atoms with Crippen molar-refractivity contribution in [2.24, 2.45) is 5.92 Å². The summed E-state index contributed by atoms with van der Waals surface area (Å²) in [5.74, 6) is 0.555. The number of amides is 2. The second-order valence-electron chi connectivity index (χ2n) is 6.75. The van der Waals surface area contributed by atoms with Crippen LogP contribution in [0.3, 0.4) is 0 Å². The summed E-state index contributed by atoms with van der Waals surface area (Å²) >= 11 is 0. The van der Waals surface area contributed by atoms with Gasteiger partial charge in [-0.25, -0.2) is 0 Å². The van der Waals surface area contributed by atoms with Gasteiger partial charge in [0.2, 0.25) is 11.8 Å². The van der Waals surface area contributed by atoms with Gasteiger partial charge in [-0.3, -0.25) is 9.59 Å². The Morgan fingerprint density at radius 2 is 1.85 bits per heavy atom. The Hall–Kier alpha value is -1.10. The normalized spacial score (nSPS) is 39.9. The molecule has 2 amide bonds. The number of rotatable bonds is 2. The summed E-state index contributed by atoms with van der Waals surface area (Å²) in [6.45, 7) is 5.06. The molecule has 1 N–H and O–H groups in total. The number of hydrogen-bond acceptors (Lipinski definition) is 3. The molecule has 4 unspecified atom stereocenters. The third kappa shape index (κ3) is 2.32. The summed E-state index contributed by atoms with van der Waals surface area (Å²) in [5.41, 5.74) is 0. The topological polar surface area (TPSA) is 52.7 Å². The predicted molar refractivity (Wildman–Crippen MR) is 76.1 cm³/mol. The van der Waals surface area contributed by atoms with E-state index in [0.29, 0.717) is 12.0 Å². The number of piperazine rings is 1. The van der Waals surface area contributed by atoms with E-state index in [1.165, 1.54) is 0 Å². The molecule has 2 saturated heterocycles. The standard InChI is InChI=1S/C15H25N3O2/c1-9-8-12(6-7-17(9)3)18-10(2)14(19)16-13(15(18)20)11-4-5-11/h9-13H,4-8H2,1-3H3,(H,16,19). The van der Waals surface area contributed by atoms with Crippen LogP contribution < -0.4 is 5.32 Å². The first-order valence-corrected chi connectivity index (χ1v) is 7.82. The van der Waals surface area contributed by atoms with Crippen molar-refractivity contribution in [3.63, 3.8) is 0 Å². The summed E-state index contributed by atoms with van der Waals surface area (Å²) in [7, 11) is 2.13. The summed E-state index contributed by atoms with van der Waals surface area (Å²) in [4.78, 5) is 29.1. The third-order valence-electron chi connectivity index (χ3n) is 5.28. The maximum atomic E-state index is 12.7. The zero-order valence-electron chi connectivity index (χ0n) is 12.6. The van der Waals surface area contributed by atoms with Crippen molar-refractivity contribution in [2.45, 2.75) is 63.7 Å². The van der Waals surface area contributed by atoms with Crippen LogP contribution in [-0.4, -0.2) is 59.4 Å². The first kappa shape index (κ1) is 13.9. The minimum atomic E-state index is -0.321. The van der Waals surface area contributed by atoms with E-state index < -0.39 is 0 Å². The van der Waals surface area contributed by atoms with E-state index in [0.717, 1.165) is 32.2 Å². The Balaban J connectivity index is 1.78. The molecule has 0 aromatic carbocycles. The highest BCUT2D eigenvalue weighted by atomic mass is 16.2. The van der Waals surface area contributed by atoms with Gasteiger partial charge in [0, 0.05) is 18.6 Å². The lowest BCUT2D eigenvalue weighted by Crippen LogP contribution is -2.66. The summed E-state index contributed by atoms with van der Waals surface area (Å²) in [6.07, 6.45) is 4.09. The molecule has 112 valence electrons. The van der Waals surface area contributed by atoms with Gasteiger partial charge in [-0.2, -0.15) is 0 Å². The molecule has 2 heterocycles. The monoisotopic (exact) mass is 279 g/mol. The van der Waals surface area contributed by atoms with Crippen molar-refractivity contribution < 1.29 is 9.59 Å². The van der Waals surface area contributed by atoms with E-state index in [1.807, 2.05) is 11.8 Å². The third-order valence-corrected chi connectivity index (χ3v) is 5.28. The molecule has 0 bridgehead atoms. The van der Waals surface area contributed by atoms with Crippen LogP contribution >= 0.6 is 0 Å². The molecule has 1 aliphatic carbocycles. The van der Waals surface area contributed by atoms with Gasteiger partial charge in [0.25, 0.3) is 0 Å². The van der Waals surface area contributed by atoms with Crippen molar-refractivity contribution in [3.05, 3.63) is 0 Å². The number of carbonyl (C=O) groups excluding carboxylic acids is 2. The van der Waals surface area contributed by atoms with E-state index in [2.05, 4.69) is 24.2 Å². The molecule has 2 aliphatic heterocycles. The Labute approximate surface area is 120 Å². The van der Waals surface area contributed by atoms with E-state index in [1.54, 1.807) is 0 Å². The molecular formula is C15H25N3O2. The fourth-order valence-corrected chi connectivity index (χ4v) is 3.58. The molecule has 3 fully saturated rings. The molecule has 1 saturated carbocycles. The number of nitrogens with one attached hydrogen (secondary N) is 1. The number of piperidine rings is 1. The highest BCUT2D eigenvalue weighted by Gasteiger charge is 2.48. The van der Waals surface area contributed by atoms with Crippen LogP contribution in [0.1, 0.15) is 39.5 Å². The minimum absolute atomic E-state index is 0.0214. The van der Waals surface area contributed by atoms with Crippen molar-refractivity contribution in [3.8, 4) is 0 Å². The molecule has 5 heteroatoms. The maximum Gasteiger partial charge on any atom is 0.246 e. The van der Waals surface area contributed by atoms with Gasteiger partial charge < -0.3 is 15.1 Å². The first-order chi connectivity index (χ1) is 9.49. The van der Waals surface area contributed by atoms with Crippen LogP contribution in [0.5, 0.6) is 0 Å². The summed E-state index contributed by atoms with van der Waals surface area (Å²) in [5, 5.41) is 2.93. The number of hydrogen-bond donors (Lipinski definition) is 1. The Morgan fingerprint density at radius 1 is 1.15 bits per heavy atom. The fraction of sp³-hybridized carbons (Fsp3) is 0.867. The highest BCUT2D eigenvalue weighted by molar-refractivity contribution is 5.97. The van der Waals surface area contributed by atoms with E-state index in [4.69, 9.17) is 0 Å². The van der Waals surface area contributed by atoms with Gasteiger partial charge in [0.1, 0.15) is 12.1 Å². The van der Waals surface area contributed by atoms with Gasteiger partial charge in [0.05, 0.1) is 0 Å². The lowest BCUT2D eigenvalue weighted by Gasteiger charge is -2.46. The molecule has 0 aromatic rings. The molecule has 3 aliphatic rings. The van der Waals surface area contributed by atoms with Crippen LogP contribution in [-0.2, 0) is 9.59 Å². The average molecular weight is 279 g/mol. The number of carbonyl (C=O) groups is 2. The van der Waals surface area contributed by atoms with Crippen LogP contribution in [0, 0.1) is 5.92 Å². The zero-order valence-corrected chi connectivity index (χ0v) is 12.6. The summed E-state index contributed by atoms with van der Waals surface area (Å²) < 4.78 is 0. The van der Waals surface area contributed by atoms with Crippen LogP contribution in [0.15, 0.2) is 0 Å². The molecule has 3 rings (SSSR count).